The molecule has 0 radical (unpaired) electrons. The van der Waals surface area contributed by atoms with E-state index in [1.807, 2.05) is 25.2 Å². The standard InChI is InChI=1S/C13H18N2O3/c1-14-5-4-13(16)15-9-10-2-3-11-12(8-10)18-7-6-17-11/h2-3,8,14H,4-7,9H2,1H3,(H,15,16). The minimum absolute atomic E-state index is 0.0410. The zero-order valence-corrected chi connectivity index (χ0v) is 10.5. The highest BCUT2D eigenvalue weighted by Crippen LogP contribution is 2.30. The van der Waals surface area contributed by atoms with E-state index in [-0.39, 0.29) is 5.91 Å². The van der Waals surface area contributed by atoms with Crippen molar-refractivity contribution in [2.45, 2.75) is 13.0 Å². The van der Waals surface area contributed by atoms with Gasteiger partial charge in [0.25, 0.3) is 0 Å². The molecule has 1 amide bonds. The second kappa shape index (κ2) is 6.26. The molecule has 0 unspecified atom stereocenters. The Kier molecular flexibility index (Phi) is 4.41. The molecule has 0 saturated heterocycles. The van der Waals surface area contributed by atoms with Crippen LogP contribution in [0.5, 0.6) is 11.5 Å². The molecule has 0 aliphatic carbocycles. The molecule has 1 aliphatic rings. The van der Waals surface area contributed by atoms with Crippen molar-refractivity contribution in [3.05, 3.63) is 23.8 Å². The van der Waals surface area contributed by atoms with Gasteiger partial charge in [0, 0.05) is 19.5 Å². The third kappa shape index (κ3) is 3.37. The number of hydrogen-bond acceptors (Lipinski definition) is 4. The Bertz CT molecular complexity index is 421. The lowest BCUT2D eigenvalue weighted by Crippen LogP contribution is -2.26. The Labute approximate surface area is 106 Å². The van der Waals surface area contributed by atoms with E-state index in [4.69, 9.17) is 9.47 Å². The van der Waals surface area contributed by atoms with Crippen LogP contribution in [0.3, 0.4) is 0 Å². The molecule has 0 fully saturated rings. The summed E-state index contributed by atoms with van der Waals surface area (Å²) in [5.41, 5.74) is 1.01. The fourth-order valence-electron chi connectivity index (χ4n) is 1.73. The first-order valence-corrected chi connectivity index (χ1v) is 6.09. The molecule has 5 nitrogen and oxygen atoms in total. The first-order valence-electron chi connectivity index (χ1n) is 6.09. The van der Waals surface area contributed by atoms with E-state index in [1.54, 1.807) is 0 Å². The van der Waals surface area contributed by atoms with Gasteiger partial charge in [-0.1, -0.05) is 6.07 Å². The summed E-state index contributed by atoms with van der Waals surface area (Å²) in [5, 5.41) is 5.81. The van der Waals surface area contributed by atoms with E-state index in [9.17, 15) is 4.79 Å². The lowest BCUT2D eigenvalue weighted by molar-refractivity contribution is -0.121. The Morgan fingerprint density at radius 3 is 2.83 bits per heavy atom. The number of nitrogens with one attached hydrogen (secondary N) is 2. The molecule has 5 heteroatoms. The molecular formula is C13H18N2O3. The van der Waals surface area contributed by atoms with Crippen LogP contribution in [0, 0.1) is 0 Å². The van der Waals surface area contributed by atoms with Crippen LogP contribution in [0.2, 0.25) is 0 Å². The zero-order chi connectivity index (χ0) is 12.8. The summed E-state index contributed by atoms with van der Waals surface area (Å²) in [5.74, 6) is 1.56. The molecule has 2 rings (SSSR count). The molecule has 98 valence electrons. The van der Waals surface area contributed by atoms with E-state index in [2.05, 4.69) is 10.6 Å². The van der Waals surface area contributed by atoms with Crippen molar-refractivity contribution in [3.8, 4) is 11.5 Å². The first-order chi connectivity index (χ1) is 8.79. The normalized spacial score (nSPS) is 13.2. The summed E-state index contributed by atoms with van der Waals surface area (Å²) in [6, 6.07) is 5.72. The molecule has 0 bridgehead atoms. The highest BCUT2D eigenvalue weighted by molar-refractivity contribution is 5.76. The fraction of sp³-hybridized carbons (Fsp3) is 0.462. The maximum Gasteiger partial charge on any atom is 0.221 e. The Hall–Kier alpha value is -1.75. The van der Waals surface area contributed by atoms with Gasteiger partial charge in [-0.3, -0.25) is 4.79 Å². The number of carbonyl (C=O) groups is 1. The van der Waals surface area contributed by atoms with Crippen molar-refractivity contribution in [2.24, 2.45) is 0 Å². The van der Waals surface area contributed by atoms with Gasteiger partial charge >= 0.3 is 0 Å². The minimum Gasteiger partial charge on any atom is -0.486 e. The zero-order valence-electron chi connectivity index (χ0n) is 10.5. The predicted octanol–water partition coefficient (Wildman–Crippen LogP) is 0.683. The van der Waals surface area contributed by atoms with E-state index in [0.29, 0.717) is 32.7 Å². The number of hydrogen-bond donors (Lipinski definition) is 2. The molecular weight excluding hydrogens is 232 g/mol. The molecule has 0 saturated carbocycles. The largest absolute Gasteiger partial charge is 0.486 e. The summed E-state index contributed by atoms with van der Waals surface area (Å²) >= 11 is 0. The van der Waals surface area contributed by atoms with Gasteiger partial charge in [0.1, 0.15) is 13.2 Å². The average Bonchev–Trinajstić information content (AvgIpc) is 2.42. The molecule has 0 atom stereocenters. The lowest BCUT2D eigenvalue weighted by Gasteiger charge is -2.18. The quantitative estimate of drug-likeness (QED) is 0.807. The second-order valence-electron chi connectivity index (χ2n) is 4.11. The molecule has 1 aromatic rings. The Morgan fingerprint density at radius 2 is 2.06 bits per heavy atom. The molecule has 0 aromatic heterocycles. The number of rotatable bonds is 5. The van der Waals surface area contributed by atoms with Crippen molar-refractivity contribution in [1.29, 1.82) is 0 Å². The lowest BCUT2D eigenvalue weighted by atomic mass is 10.2. The van der Waals surface area contributed by atoms with Crippen LogP contribution in [0.4, 0.5) is 0 Å². The van der Waals surface area contributed by atoms with E-state index in [1.165, 1.54) is 0 Å². The maximum atomic E-state index is 11.5. The van der Waals surface area contributed by atoms with Crippen LogP contribution in [0.1, 0.15) is 12.0 Å². The third-order valence-electron chi connectivity index (χ3n) is 2.70. The minimum atomic E-state index is 0.0410. The third-order valence-corrected chi connectivity index (χ3v) is 2.70. The van der Waals surface area contributed by atoms with Crippen LogP contribution in [0.15, 0.2) is 18.2 Å². The summed E-state index contributed by atoms with van der Waals surface area (Å²) in [7, 11) is 1.83. The smallest absolute Gasteiger partial charge is 0.221 e. The van der Waals surface area contributed by atoms with Crippen molar-refractivity contribution in [2.75, 3.05) is 26.8 Å². The van der Waals surface area contributed by atoms with Gasteiger partial charge in [0.05, 0.1) is 0 Å². The highest BCUT2D eigenvalue weighted by atomic mass is 16.6. The summed E-state index contributed by atoms with van der Waals surface area (Å²) in [4.78, 5) is 11.5. The van der Waals surface area contributed by atoms with Crippen LogP contribution < -0.4 is 20.1 Å². The predicted molar refractivity (Wildman–Crippen MR) is 67.8 cm³/mol. The van der Waals surface area contributed by atoms with Crippen LogP contribution >= 0.6 is 0 Å². The van der Waals surface area contributed by atoms with E-state index < -0.39 is 0 Å². The molecule has 18 heavy (non-hydrogen) atoms. The highest BCUT2D eigenvalue weighted by Gasteiger charge is 2.11. The van der Waals surface area contributed by atoms with Gasteiger partial charge in [0.15, 0.2) is 11.5 Å². The van der Waals surface area contributed by atoms with Gasteiger partial charge in [0.2, 0.25) is 5.91 Å². The van der Waals surface area contributed by atoms with Gasteiger partial charge < -0.3 is 20.1 Å². The summed E-state index contributed by atoms with van der Waals surface area (Å²) in [6.45, 7) is 2.37. The van der Waals surface area contributed by atoms with Gasteiger partial charge in [-0.05, 0) is 24.7 Å². The van der Waals surface area contributed by atoms with Crippen molar-refractivity contribution < 1.29 is 14.3 Å². The monoisotopic (exact) mass is 250 g/mol. The van der Waals surface area contributed by atoms with Gasteiger partial charge in [-0.15, -0.1) is 0 Å². The van der Waals surface area contributed by atoms with Crippen LogP contribution in [-0.4, -0.2) is 32.7 Å². The Balaban J connectivity index is 1.88. The van der Waals surface area contributed by atoms with Crippen molar-refractivity contribution >= 4 is 5.91 Å². The van der Waals surface area contributed by atoms with Crippen molar-refractivity contribution in [3.63, 3.8) is 0 Å². The fourth-order valence-corrected chi connectivity index (χ4v) is 1.73. The maximum absolute atomic E-state index is 11.5. The molecule has 1 aliphatic heterocycles. The second-order valence-corrected chi connectivity index (χ2v) is 4.11. The average molecular weight is 250 g/mol. The number of amides is 1. The van der Waals surface area contributed by atoms with Gasteiger partial charge in [-0.2, -0.15) is 0 Å². The number of ether oxygens (including phenoxy) is 2. The van der Waals surface area contributed by atoms with Crippen LogP contribution in [-0.2, 0) is 11.3 Å². The Morgan fingerprint density at radius 1 is 1.28 bits per heavy atom. The SMILES string of the molecule is CNCCC(=O)NCc1ccc2c(c1)OCCO2. The van der Waals surface area contributed by atoms with Gasteiger partial charge in [-0.25, -0.2) is 0 Å². The molecule has 1 heterocycles. The van der Waals surface area contributed by atoms with E-state index in [0.717, 1.165) is 17.1 Å². The van der Waals surface area contributed by atoms with Crippen LogP contribution in [0.25, 0.3) is 0 Å². The van der Waals surface area contributed by atoms with E-state index >= 15 is 0 Å². The first kappa shape index (κ1) is 12.7. The number of fused-ring (bicyclic) bond motifs is 1. The summed E-state index contributed by atoms with van der Waals surface area (Å²) < 4.78 is 10.9. The molecule has 0 spiro atoms. The molecule has 1 aromatic carbocycles. The van der Waals surface area contributed by atoms with Crippen molar-refractivity contribution in [1.82, 2.24) is 10.6 Å². The number of benzene rings is 1. The number of carbonyl (C=O) groups excluding carboxylic acids is 1. The topological polar surface area (TPSA) is 59.6 Å². The summed E-state index contributed by atoms with van der Waals surface area (Å²) in [6.07, 6.45) is 0.487. The molecule has 2 N–H and O–H groups in total.